The van der Waals surface area contributed by atoms with Gasteiger partial charge in [0.1, 0.15) is 6.61 Å². The van der Waals surface area contributed by atoms with Gasteiger partial charge in [-0.2, -0.15) is 0 Å². The Kier molecular flexibility index (Phi) is 6.29. The fourth-order valence-electron chi connectivity index (χ4n) is 2.56. The minimum absolute atomic E-state index is 0.695. The second-order valence-electron chi connectivity index (χ2n) is 5.47. The number of methoxy groups -OCH3 is 1. The summed E-state index contributed by atoms with van der Waals surface area (Å²) in [6.45, 7) is 6.95. The van der Waals surface area contributed by atoms with Gasteiger partial charge in [0, 0.05) is 44.8 Å². The number of ether oxygens (including phenoxy) is 2. The Labute approximate surface area is 127 Å². The SMILES string of the molecule is CNCc1cccc(OC)c1OCCN1CCN(C)CC1. The van der Waals surface area contributed by atoms with Crippen LogP contribution in [0.5, 0.6) is 11.5 Å². The average Bonchev–Trinajstić information content (AvgIpc) is 2.50. The van der Waals surface area contributed by atoms with Crippen molar-refractivity contribution in [1.82, 2.24) is 15.1 Å². The first-order valence-corrected chi connectivity index (χ1v) is 7.58. The van der Waals surface area contributed by atoms with E-state index in [0.717, 1.165) is 56.3 Å². The molecule has 1 aliphatic heterocycles. The molecule has 0 saturated carbocycles. The number of rotatable bonds is 7. The van der Waals surface area contributed by atoms with Crippen molar-refractivity contribution >= 4 is 0 Å². The fourth-order valence-corrected chi connectivity index (χ4v) is 2.56. The highest BCUT2D eigenvalue weighted by Gasteiger charge is 2.14. The molecule has 0 radical (unpaired) electrons. The van der Waals surface area contributed by atoms with Crippen LogP contribution < -0.4 is 14.8 Å². The van der Waals surface area contributed by atoms with Crippen LogP contribution in [0.2, 0.25) is 0 Å². The van der Waals surface area contributed by atoms with Crippen LogP contribution in [-0.2, 0) is 6.54 Å². The van der Waals surface area contributed by atoms with Crippen LogP contribution in [0.25, 0.3) is 0 Å². The summed E-state index contributed by atoms with van der Waals surface area (Å²) >= 11 is 0. The standard InChI is InChI=1S/C16H27N3O2/c1-17-13-14-5-4-6-15(20-3)16(14)21-12-11-19-9-7-18(2)8-10-19/h4-6,17H,7-13H2,1-3H3. The normalized spacial score (nSPS) is 16.9. The molecule has 21 heavy (non-hydrogen) atoms. The summed E-state index contributed by atoms with van der Waals surface area (Å²) in [5, 5.41) is 3.17. The van der Waals surface area contributed by atoms with E-state index < -0.39 is 0 Å². The number of nitrogens with zero attached hydrogens (tertiary/aromatic N) is 2. The maximum atomic E-state index is 6.02. The second-order valence-corrected chi connectivity index (χ2v) is 5.47. The largest absolute Gasteiger partial charge is 0.493 e. The highest BCUT2D eigenvalue weighted by molar-refractivity contribution is 5.46. The first kappa shape index (κ1) is 16.1. The van der Waals surface area contributed by atoms with Crippen LogP contribution in [0.4, 0.5) is 0 Å². The third kappa shape index (κ3) is 4.59. The Balaban J connectivity index is 1.89. The lowest BCUT2D eigenvalue weighted by Crippen LogP contribution is -2.45. The van der Waals surface area contributed by atoms with Crippen molar-refractivity contribution in [3.63, 3.8) is 0 Å². The lowest BCUT2D eigenvalue weighted by Gasteiger charge is -2.32. The van der Waals surface area contributed by atoms with Crippen molar-refractivity contribution in [3.8, 4) is 11.5 Å². The van der Waals surface area contributed by atoms with E-state index in [1.807, 2.05) is 19.2 Å². The van der Waals surface area contributed by atoms with E-state index in [4.69, 9.17) is 9.47 Å². The maximum Gasteiger partial charge on any atom is 0.165 e. The molecule has 0 spiro atoms. The van der Waals surface area contributed by atoms with Gasteiger partial charge in [0.2, 0.25) is 0 Å². The zero-order chi connectivity index (χ0) is 15.1. The number of piperazine rings is 1. The van der Waals surface area contributed by atoms with E-state index in [1.165, 1.54) is 0 Å². The molecule has 1 aromatic rings. The zero-order valence-electron chi connectivity index (χ0n) is 13.4. The van der Waals surface area contributed by atoms with E-state index in [0.29, 0.717) is 6.61 Å². The number of benzene rings is 1. The molecule has 0 atom stereocenters. The molecule has 1 saturated heterocycles. The lowest BCUT2D eigenvalue weighted by atomic mass is 10.2. The van der Waals surface area contributed by atoms with Crippen molar-refractivity contribution in [2.24, 2.45) is 0 Å². The average molecular weight is 293 g/mol. The monoisotopic (exact) mass is 293 g/mol. The highest BCUT2D eigenvalue weighted by atomic mass is 16.5. The smallest absolute Gasteiger partial charge is 0.165 e. The van der Waals surface area contributed by atoms with Crippen molar-refractivity contribution in [2.45, 2.75) is 6.54 Å². The summed E-state index contributed by atoms with van der Waals surface area (Å²) in [6.07, 6.45) is 0. The summed E-state index contributed by atoms with van der Waals surface area (Å²) in [6, 6.07) is 6.02. The van der Waals surface area contributed by atoms with E-state index in [-0.39, 0.29) is 0 Å². The molecule has 1 aromatic carbocycles. The Bertz CT molecular complexity index is 432. The van der Waals surface area contributed by atoms with Crippen molar-refractivity contribution in [1.29, 1.82) is 0 Å². The van der Waals surface area contributed by atoms with Gasteiger partial charge in [-0.1, -0.05) is 12.1 Å². The van der Waals surface area contributed by atoms with Crippen molar-refractivity contribution in [3.05, 3.63) is 23.8 Å². The third-order valence-electron chi connectivity index (χ3n) is 3.90. The van der Waals surface area contributed by atoms with Gasteiger partial charge < -0.3 is 19.7 Å². The van der Waals surface area contributed by atoms with Gasteiger partial charge in [-0.3, -0.25) is 4.90 Å². The minimum Gasteiger partial charge on any atom is -0.493 e. The molecule has 0 aliphatic carbocycles. The van der Waals surface area contributed by atoms with Gasteiger partial charge >= 0.3 is 0 Å². The topological polar surface area (TPSA) is 37.0 Å². The molecule has 2 rings (SSSR count). The molecule has 1 aliphatic rings. The van der Waals surface area contributed by atoms with Crippen LogP contribution in [0.3, 0.4) is 0 Å². The van der Waals surface area contributed by atoms with Crippen molar-refractivity contribution < 1.29 is 9.47 Å². The summed E-state index contributed by atoms with van der Waals surface area (Å²) in [4.78, 5) is 4.82. The summed E-state index contributed by atoms with van der Waals surface area (Å²) in [7, 11) is 5.80. The van der Waals surface area contributed by atoms with Gasteiger partial charge in [-0.15, -0.1) is 0 Å². The first-order chi connectivity index (χ1) is 10.2. The predicted octanol–water partition coefficient (Wildman–Crippen LogP) is 1.04. The Morgan fingerprint density at radius 2 is 1.95 bits per heavy atom. The molecule has 5 nitrogen and oxygen atoms in total. The molecule has 0 aromatic heterocycles. The molecule has 0 amide bonds. The molecular formula is C16H27N3O2. The number of nitrogens with one attached hydrogen (secondary N) is 1. The molecule has 5 heteroatoms. The van der Waals surface area contributed by atoms with Crippen molar-refractivity contribution in [2.75, 3.05) is 60.5 Å². The van der Waals surface area contributed by atoms with Crippen LogP contribution >= 0.6 is 0 Å². The number of hydrogen-bond acceptors (Lipinski definition) is 5. The van der Waals surface area contributed by atoms with Gasteiger partial charge in [0.05, 0.1) is 7.11 Å². The van der Waals surface area contributed by atoms with Gasteiger partial charge in [-0.25, -0.2) is 0 Å². The summed E-state index contributed by atoms with van der Waals surface area (Å²) in [5.74, 6) is 1.67. The van der Waals surface area contributed by atoms with E-state index in [9.17, 15) is 0 Å². The molecule has 1 fully saturated rings. The second kappa shape index (κ2) is 8.22. The van der Waals surface area contributed by atoms with Crippen LogP contribution in [0.15, 0.2) is 18.2 Å². The quantitative estimate of drug-likeness (QED) is 0.813. The zero-order valence-corrected chi connectivity index (χ0v) is 13.4. The molecule has 1 N–H and O–H groups in total. The van der Waals surface area contributed by atoms with Crippen LogP contribution in [0, 0.1) is 0 Å². The summed E-state index contributed by atoms with van der Waals surface area (Å²) in [5.41, 5.74) is 1.13. The van der Waals surface area contributed by atoms with Gasteiger partial charge in [-0.05, 0) is 20.2 Å². The first-order valence-electron chi connectivity index (χ1n) is 7.58. The predicted molar refractivity (Wildman–Crippen MR) is 85.2 cm³/mol. The van der Waals surface area contributed by atoms with E-state index >= 15 is 0 Å². The summed E-state index contributed by atoms with van der Waals surface area (Å²) < 4.78 is 11.4. The third-order valence-corrected chi connectivity index (χ3v) is 3.90. The van der Waals surface area contributed by atoms with E-state index in [1.54, 1.807) is 7.11 Å². The number of para-hydroxylation sites is 1. The molecule has 1 heterocycles. The van der Waals surface area contributed by atoms with Crippen LogP contribution in [0.1, 0.15) is 5.56 Å². The Morgan fingerprint density at radius 3 is 2.62 bits per heavy atom. The highest BCUT2D eigenvalue weighted by Crippen LogP contribution is 2.30. The molecular weight excluding hydrogens is 266 g/mol. The molecule has 0 bridgehead atoms. The Hall–Kier alpha value is -1.30. The Morgan fingerprint density at radius 1 is 1.19 bits per heavy atom. The van der Waals surface area contributed by atoms with Crippen LogP contribution in [-0.4, -0.2) is 70.3 Å². The van der Waals surface area contributed by atoms with Gasteiger partial charge in [0.15, 0.2) is 11.5 Å². The lowest BCUT2D eigenvalue weighted by molar-refractivity contribution is 0.132. The molecule has 0 unspecified atom stereocenters. The number of likely N-dealkylation sites (N-methyl/N-ethyl adjacent to an activating group) is 1. The minimum atomic E-state index is 0.695. The van der Waals surface area contributed by atoms with Gasteiger partial charge in [0.25, 0.3) is 0 Å². The van der Waals surface area contributed by atoms with E-state index in [2.05, 4.69) is 28.2 Å². The number of hydrogen-bond donors (Lipinski definition) is 1. The molecule has 118 valence electrons. The maximum absolute atomic E-state index is 6.02. The fraction of sp³-hybridized carbons (Fsp3) is 0.625.